The number of aromatic amines is 1. The Hall–Kier alpha value is -1.64. The van der Waals surface area contributed by atoms with Gasteiger partial charge >= 0.3 is 0 Å². The van der Waals surface area contributed by atoms with E-state index in [4.69, 9.17) is 0 Å². The summed E-state index contributed by atoms with van der Waals surface area (Å²) in [6, 6.07) is 4.11. The Morgan fingerprint density at radius 2 is 1.60 bits per heavy atom. The molecule has 3 heteroatoms. The van der Waals surface area contributed by atoms with Gasteiger partial charge in [-0.25, -0.2) is 0 Å². The average molecular weight is 203 g/mol. The lowest BCUT2D eigenvalue weighted by Crippen LogP contribution is -1.86. The first kappa shape index (κ1) is 11.4. The fourth-order valence-corrected chi connectivity index (χ4v) is 1.41. The first-order valence-corrected chi connectivity index (χ1v) is 5.20. The zero-order chi connectivity index (χ0) is 11.3. The lowest BCUT2D eigenvalue weighted by atomic mass is 10.1. The van der Waals surface area contributed by atoms with Crippen molar-refractivity contribution < 1.29 is 0 Å². The molecule has 2 aromatic rings. The first-order valence-electron chi connectivity index (χ1n) is 5.20. The molecule has 0 saturated carbocycles. The quantitative estimate of drug-likeness (QED) is 0.773. The molecule has 2 aromatic heterocycles. The van der Waals surface area contributed by atoms with Gasteiger partial charge in [0, 0.05) is 23.1 Å². The third-order valence-corrected chi connectivity index (χ3v) is 1.91. The first-order chi connectivity index (χ1) is 7.25. The highest BCUT2D eigenvalue weighted by Gasteiger charge is 2.00. The second-order valence-electron chi connectivity index (χ2n) is 3.13. The lowest BCUT2D eigenvalue weighted by Gasteiger charge is -2.00. The number of pyridine rings is 1. The van der Waals surface area contributed by atoms with Crippen LogP contribution in [-0.4, -0.2) is 15.2 Å². The maximum Gasteiger partial charge on any atom is 0.0565 e. The van der Waals surface area contributed by atoms with E-state index in [-0.39, 0.29) is 0 Å². The van der Waals surface area contributed by atoms with Crippen LogP contribution in [0.3, 0.4) is 0 Å². The minimum atomic E-state index is 1.04. The average Bonchev–Trinajstić information content (AvgIpc) is 2.72. The molecule has 0 fully saturated rings. The molecule has 0 atom stereocenters. The van der Waals surface area contributed by atoms with Gasteiger partial charge in [-0.3, -0.25) is 10.1 Å². The predicted octanol–water partition coefficient (Wildman–Crippen LogP) is 3.11. The number of nitrogens with zero attached hydrogens (tertiary/aromatic N) is 2. The number of aryl methyl sites for hydroxylation is 2. The maximum atomic E-state index is 4.31. The molecule has 15 heavy (non-hydrogen) atoms. The molecule has 0 aromatic carbocycles. The fraction of sp³-hybridized carbons (Fsp3) is 0.333. The number of hydrogen-bond acceptors (Lipinski definition) is 2. The maximum absolute atomic E-state index is 4.31. The highest BCUT2D eigenvalue weighted by atomic mass is 15.1. The van der Waals surface area contributed by atoms with Crippen LogP contribution in [0.4, 0.5) is 0 Å². The van der Waals surface area contributed by atoms with Crippen molar-refractivity contribution >= 4 is 0 Å². The topological polar surface area (TPSA) is 41.6 Å². The molecule has 0 radical (unpaired) electrons. The summed E-state index contributed by atoms with van der Waals surface area (Å²) in [7, 11) is 0. The molecule has 0 saturated heterocycles. The van der Waals surface area contributed by atoms with Crippen LogP contribution < -0.4 is 0 Å². The van der Waals surface area contributed by atoms with Gasteiger partial charge in [-0.15, -0.1) is 0 Å². The van der Waals surface area contributed by atoms with Gasteiger partial charge in [0.25, 0.3) is 0 Å². The van der Waals surface area contributed by atoms with Crippen LogP contribution in [0.25, 0.3) is 11.1 Å². The highest BCUT2D eigenvalue weighted by Crippen LogP contribution is 2.18. The largest absolute Gasteiger partial charge is 0.285 e. The third-order valence-electron chi connectivity index (χ3n) is 1.91. The number of nitrogens with one attached hydrogen (secondary N) is 1. The van der Waals surface area contributed by atoms with Crippen LogP contribution in [-0.2, 0) is 0 Å². The Balaban J connectivity index is 0.000000531. The molecule has 2 heterocycles. The van der Waals surface area contributed by atoms with Crippen LogP contribution in [0, 0.1) is 13.8 Å². The van der Waals surface area contributed by atoms with E-state index in [2.05, 4.69) is 27.3 Å². The molecule has 2 rings (SSSR count). The van der Waals surface area contributed by atoms with Gasteiger partial charge in [0.15, 0.2) is 0 Å². The number of hydrogen-bond donors (Lipinski definition) is 1. The van der Waals surface area contributed by atoms with Crippen molar-refractivity contribution in [2.24, 2.45) is 0 Å². The molecular formula is C12H17N3. The van der Waals surface area contributed by atoms with E-state index in [1.807, 2.05) is 40.1 Å². The van der Waals surface area contributed by atoms with Gasteiger partial charge in [-0.05, 0) is 31.5 Å². The van der Waals surface area contributed by atoms with Crippen LogP contribution in [0.1, 0.15) is 25.2 Å². The van der Waals surface area contributed by atoms with E-state index in [1.165, 1.54) is 5.56 Å². The molecule has 3 nitrogen and oxygen atoms in total. The highest BCUT2D eigenvalue weighted by molar-refractivity contribution is 5.62. The van der Waals surface area contributed by atoms with Crippen molar-refractivity contribution in [1.82, 2.24) is 15.2 Å². The minimum absolute atomic E-state index is 1.04. The summed E-state index contributed by atoms with van der Waals surface area (Å²) in [5.41, 5.74) is 4.35. The van der Waals surface area contributed by atoms with Crippen LogP contribution >= 0.6 is 0 Å². The second-order valence-corrected chi connectivity index (χ2v) is 3.13. The Kier molecular flexibility index (Phi) is 4.03. The van der Waals surface area contributed by atoms with Gasteiger partial charge < -0.3 is 0 Å². The summed E-state index contributed by atoms with van der Waals surface area (Å²) in [4.78, 5) is 4.31. The van der Waals surface area contributed by atoms with Crippen molar-refractivity contribution in [3.63, 3.8) is 0 Å². The van der Waals surface area contributed by atoms with E-state index in [0.717, 1.165) is 17.0 Å². The number of rotatable bonds is 1. The van der Waals surface area contributed by atoms with Crippen LogP contribution in [0.15, 0.2) is 24.5 Å². The lowest BCUT2D eigenvalue weighted by molar-refractivity contribution is 1.09. The summed E-state index contributed by atoms with van der Waals surface area (Å²) in [5, 5.41) is 6.71. The summed E-state index contributed by atoms with van der Waals surface area (Å²) in [5.74, 6) is 0. The van der Waals surface area contributed by atoms with Crippen molar-refractivity contribution in [3.05, 3.63) is 35.9 Å². The smallest absolute Gasteiger partial charge is 0.0565 e. The molecule has 0 aliphatic heterocycles. The van der Waals surface area contributed by atoms with Gasteiger partial charge in [-0.2, -0.15) is 5.10 Å². The Morgan fingerprint density at radius 3 is 2.07 bits per heavy atom. The Bertz CT molecular complexity index is 385. The van der Waals surface area contributed by atoms with E-state index in [1.54, 1.807) is 0 Å². The monoisotopic (exact) mass is 203 g/mol. The van der Waals surface area contributed by atoms with Crippen LogP contribution in [0.2, 0.25) is 0 Å². The van der Waals surface area contributed by atoms with E-state index >= 15 is 0 Å². The molecule has 0 unspecified atom stereocenters. The van der Waals surface area contributed by atoms with E-state index in [0.29, 0.717) is 0 Å². The Morgan fingerprint density at radius 1 is 1.00 bits per heavy atom. The zero-order valence-electron chi connectivity index (χ0n) is 9.70. The van der Waals surface area contributed by atoms with Gasteiger partial charge in [-0.1, -0.05) is 13.8 Å². The predicted molar refractivity (Wildman–Crippen MR) is 62.6 cm³/mol. The van der Waals surface area contributed by atoms with E-state index < -0.39 is 0 Å². The fourth-order valence-electron chi connectivity index (χ4n) is 1.41. The second kappa shape index (κ2) is 5.29. The summed E-state index contributed by atoms with van der Waals surface area (Å²) >= 11 is 0. The molecule has 0 amide bonds. The van der Waals surface area contributed by atoms with Crippen molar-refractivity contribution in [1.29, 1.82) is 0 Å². The summed E-state index contributed by atoms with van der Waals surface area (Å²) < 4.78 is 0. The Labute approximate surface area is 90.6 Å². The van der Waals surface area contributed by atoms with Crippen molar-refractivity contribution in [2.45, 2.75) is 27.7 Å². The molecule has 1 N–H and O–H groups in total. The summed E-state index contributed by atoms with van der Waals surface area (Å²) in [6.07, 6.45) is 3.70. The van der Waals surface area contributed by atoms with Crippen LogP contribution in [0.5, 0.6) is 0 Å². The SMILES string of the molecule is CC.Cc1cc(-c2cn[nH]c2)cc(C)n1. The minimum Gasteiger partial charge on any atom is -0.285 e. The van der Waals surface area contributed by atoms with Crippen molar-refractivity contribution in [3.8, 4) is 11.1 Å². The van der Waals surface area contributed by atoms with Crippen molar-refractivity contribution in [2.75, 3.05) is 0 Å². The molecular weight excluding hydrogens is 186 g/mol. The molecule has 0 spiro atoms. The molecule has 0 aliphatic carbocycles. The third kappa shape index (κ3) is 2.91. The molecule has 0 bridgehead atoms. The number of aromatic nitrogens is 3. The molecule has 0 aliphatic rings. The van der Waals surface area contributed by atoms with Gasteiger partial charge in [0.05, 0.1) is 6.20 Å². The zero-order valence-corrected chi connectivity index (χ0v) is 9.70. The summed E-state index contributed by atoms with van der Waals surface area (Å²) in [6.45, 7) is 7.99. The van der Waals surface area contributed by atoms with E-state index in [9.17, 15) is 0 Å². The normalized spacial score (nSPS) is 9.33. The molecule has 80 valence electrons. The number of H-pyrrole nitrogens is 1. The standard InChI is InChI=1S/C10H11N3.C2H6/c1-7-3-9(4-8(2)13-7)10-5-11-12-6-10;1-2/h3-6H,1-2H3,(H,11,12);1-2H3. The van der Waals surface area contributed by atoms with Gasteiger partial charge in [0.2, 0.25) is 0 Å². The van der Waals surface area contributed by atoms with Gasteiger partial charge in [0.1, 0.15) is 0 Å².